The van der Waals surface area contributed by atoms with E-state index in [0.717, 1.165) is 39.0 Å². The molecule has 0 bridgehead atoms. The second-order valence-corrected chi connectivity index (χ2v) is 9.27. The van der Waals surface area contributed by atoms with Crippen LogP contribution in [0.4, 0.5) is 4.79 Å². The fraction of sp³-hybridized carbons (Fsp3) is 0.500. The van der Waals surface area contributed by atoms with Crippen LogP contribution in [0, 0.1) is 0 Å². The van der Waals surface area contributed by atoms with E-state index in [1.54, 1.807) is 0 Å². The molecule has 3 heterocycles. The first-order chi connectivity index (χ1) is 13.9. The van der Waals surface area contributed by atoms with Crippen LogP contribution in [0.3, 0.4) is 0 Å². The monoisotopic (exact) mass is 392 g/mol. The molecule has 0 radical (unpaired) electrons. The average molecular weight is 393 g/mol. The van der Waals surface area contributed by atoms with Crippen molar-refractivity contribution in [1.29, 1.82) is 0 Å². The van der Waals surface area contributed by atoms with Crippen molar-refractivity contribution in [2.45, 2.75) is 57.8 Å². The number of amides is 2. The third-order valence-electron chi connectivity index (χ3n) is 6.22. The van der Waals surface area contributed by atoms with Crippen LogP contribution in [0.1, 0.15) is 50.8 Å². The number of urea groups is 1. The average Bonchev–Trinajstić information content (AvgIpc) is 3.08. The third kappa shape index (κ3) is 4.30. The maximum absolute atomic E-state index is 13.4. The van der Waals surface area contributed by atoms with Gasteiger partial charge < -0.3 is 9.80 Å². The van der Waals surface area contributed by atoms with Crippen LogP contribution in [-0.4, -0.2) is 56.9 Å². The minimum atomic E-state index is -0.167. The van der Waals surface area contributed by atoms with E-state index in [2.05, 4.69) is 65.9 Å². The Balaban J connectivity index is 1.48. The van der Waals surface area contributed by atoms with E-state index in [1.165, 1.54) is 11.1 Å². The summed E-state index contributed by atoms with van der Waals surface area (Å²) in [4.78, 5) is 24.4. The third-order valence-corrected chi connectivity index (χ3v) is 6.22. The van der Waals surface area contributed by atoms with E-state index in [-0.39, 0.29) is 17.6 Å². The van der Waals surface area contributed by atoms with Gasteiger partial charge in [-0.1, -0.05) is 36.4 Å². The Kier molecular flexibility index (Phi) is 5.59. The Bertz CT molecular complexity index is 810. The van der Waals surface area contributed by atoms with Gasteiger partial charge in [0.25, 0.3) is 0 Å². The van der Waals surface area contributed by atoms with Gasteiger partial charge >= 0.3 is 6.03 Å². The first kappa shape index (κ1) is 19.9. The molecule has 5 heteroatoms. The molecule has 2 fully saturated rings. The van der Waals surface area contributed by atoms with Crippen LogP contribution >= 0.6 is 0 Å². The van der Waals surface area contributed by atoms with Gasteiger partial charge in [0.05, 0.1) is 6.04 Å². The van der Waals surface area contributed by atoms with E-state index >= 15 is 0 Å². The van der Waals surface area contributed by atoms with Crippen molar-refractivity contribution in [3.63, 3.8) is 0 Å². The summed E-state index contributed by atoms with van der Waals surface area (Å²) in [6.45, 7) is 10.1. The Morgan fingerprint density at radius 2 is 1.76 bits per heavy atom. The lowest BCUT2D eigenvalue weighted by atomic mass is 9.98. The molecule has 2 aromatic rings. The number of hydrogen-bond acceptors (Lipinski definition) is 3. The molecule has 2 saturated heterocycles. The molecular formula is C24H32N4O. The number of hydrogen-bond donors (Lipinski definition) is 0. The number of carbonyl (C=O) groups excluding carboxylic acids is 1. The first-order valence-electron chi connectivity index (χ1n) is 10.7. The maximum atomic E-state index is 13.4. The van der Waals surface area contributed by atoms with E-state index in [9.17, 15) is 4.79 Å². The smallest absolute Gasteiger partial charge is 0.317 e. The van der Waals surface area contributed by atoms with Crippen LogP contribution in [0.2, 0.25) is 0 Å². The summed E-state index contributed by atoms with van der Waals surface area (Å²) < 4.78 is 0. The first-order valence-corrected chi connectivity index (χ1v) is 10.7. The molecule has 5 nitrogen and oxygen atoms in total. The van der Waals surface area contributed by atoms with Crippen LogP contribution in [-0.2, 0) is 6.54 Å². The van der Waals surface area contributed by atoms with E-state index in [4.69, 9.17) is 0 Å². The highest BCUT2D eigenvalue weighted by Gasteiger charge is 2.46. The summed E-state index contributed by atoms with van der Waals surface area (Å²) in [5.41, 5.74) is 2.33. The lowest BCUT2D eigenvalue weighted by molar-refractivity contribution is 0.105. The van der Waals surface area contributed by atoms with Crippen LogP contribution in [0.15, 0.2) is 54.9 Å². The standard InChI is InChI=1S/C24H32N4O/c1-24(2,3)27-18-22(20-9-5-4-6-10-20)28(23(27)29)21-11-14-26(15-12-21)17-19-8-7-13-25-16-19/h4-10,13,16,21-22H,11-12,14-15,17-18H2,1-3H3/t22-/m0/s1. The maximum Gasteiger partial charge on any atom is 0.321 e. The molecule has 29 heavy (non-hydrogen) atoms. The molecule has 0 unspecified atom stereocenters. The molecule has 1 atom stereocenters. The van der Waals surface area contributed by atoms with Gasteiger partial charge in [-0.05, 0) is 50.8 Å². The second-order valence-electron chi connectivity index (χ2n) is 9.27. The molecule has 0 aliphatic carbocycles. The fourth-order valence-electron chi connectivity index (χ4n) is 4.63. The molecule has 1 aromatic carbocycles. The molecule has 0 N–H and O–H groups in total. The lowest BCUT2D eigenvalue weighted by Crippen LogP contribution is -2.49. The van der Waals surface area contributed by atoms with Crippen molar-refractivity contribution in [2.24, 2.45) is 0 Å². The number of nitrogens with zero attached hydrogens (tertiary/aromatic N) is 4. The Morgan fingerprint density at radius 3 is 2.38 bits per heavy atom. The highest BCUT2D eigenvalue weighted by molar-refractivity contribution is 5.78. The molecule has 154 valence electrons. The summed E-state index contributed by atoms with van der Waals surface area (Å²) >= 11 is 0. The predicted octanol–water partition coefficient (Wildman–Crippen LogP) is 4.32. The van der Waals surface area contributed by atoms with Crippen molar-refractivity contribution in [3.8, 4) is 0 Å². The van der Waals surface area contributed by atoms with Crippen molar-refractivity contribution in [2.75, 3.05) is 19.6 Å². The number of aromatic nitrogens is 1. The van der Waals surface area contributed by atoms with E-state index in [0.29, 0.717) is 6.04 Å². The fourth-order valence-corrected chi connectivity index (χ4v) is 4.63. The van der Waals surface area contributed by atoms with Gasteiger partial charge in [0.2, 0.25) is 0 Å². The molecule has 0 saturated carbocycles. The van der Waals surface area contributed by atoms with Crippen LogP contribution in [0.5, 0.6) is 0 Å². The van der Waals surface area contributed by atoms with Gasteiger partial charge in [0.15, 0.2) is 0 Å². The van der Waals surface area contributed by atoms with Crippen molar-refractivity contribution in [1.82, 2.24) is 19.7 Å². The highest BCUT2D eigenvalue weighted by atomic mass is 16.2. The molecule has 2 amide bonds. The minimum Gasteiger partial charge on any atom is -0.317 e. The van der Waals surface area contributed by atoms with Crippen LogP contribution < -0.4 is 0 Å². The number of carbonyl (C=O) groups is 1. The number of rotatable bonds is 4. The minimum absolute atomic E-state index is 0.137. The molecule has 1 aromatic heterocycles. The van der Waals surface area contributed by atoms with Crippen molar-refractivity contribution >= 4 is 6.03 Å². The summed E-state index contributed by atoms with van der Waals surface area (Å²) in [6, 6.07) is 15.3. The zero-order chi connectivity index (χ0) is 20.4. The largest absolute Gasteiger partial charge is 0.321 e. The van der Waals surface area contributed by atoms with Gasteiger partial charge in [-0.2, -0.15) is 0 Å². The number of pyridine rings is 1. The lowest BCUT2D eigenvalue weighted by Gasteiger charge is -2.39. The quantitative estimate of drug-likeness (QED) is 0.778. The summed E-state index contributed by atoms with van der Waals surface area (Å²) in [5, 5.41) is 0. The second kappa shape index (κ2) is 8.15. The van der Waals surface area contributed by atoms with Gasteiger partial charge in [-0.3, -0.25) is 9.88 Å². The van der Waals surface area contributed by atoms with Gasteiger partial charge in [0.1, 0.15) is 0 Å². The highest BCUT2D eigenvalue weighted by Crippen LogP contribution is 2.37. The van der Waals surface area contributed by atoms with Crippen LogP contribution in [0.25, 0.3) is 0 Å². The zero-order valence-corrected chi connectivity index (χ0v) is 17.8. The molecule has 4 rings (SSSR count). The topological polar surface area (TPSA) is 39.7 Å². The SMILES string of the molecule is CC(C)(C)N1C[C@@H](c2ccccc2)N(C2CCN(Cc3cccnc3)CC2)C1=O. The zero-order valence-electron chi connectivity index (χ0n) is 17.8. The van der Waals surface area contributed by atoms with Gasteiger partial charge in [-0.25, -0.2) is 4.79 Å². The summed E-state index contributed by atoms with van der Waals surface area (Å²) in [6.07, 6.45) is 5.81. The van der Waals surface area contributed by atoms with Gasteiger partial charge in [0, 0.05) is 50.2 Å². The Morgan fingerprint density at radius 1 is 1.03 bits per heavy atom. The van der Waals surface area contributed by atoms with Gasteiger partial charge in [-0.15, -0.1) is 0 Å². The predicted molar refractivity (Wildman–Crippen MR) is 115 cm³/mol. The number of likely N-dealkylation sites (tertiary alicyclic amines) is 1. The Hall–Kier alpha value is -2.40. The van der Waals surface area contributed by atoms with Crippen molar-refractivity contribution in [3.05, 3.63) is 66.0 Å². The summed E-state index contributed by atoms with van der Waals surface area (Å²) in [5.74, 6) is 0. The molecule has 2 aliphatic heterocycles. The molecular weight excluding hydrogens is 360 g/mol. The number of piperidine rings is 1. The van der Waals surface area contributed by atoms with E-state index in [1.807, 2.05) is 29.4 Å². The molecule has 2 aliphatic rings. The number of benzene rings is 1. The summed E-state index contributed by atoms with van der Waals surface area (Å²) in [7, 11) is 0. The molecule has 0 spiro atoms. The van der Waals surface area contributed by atoms with Crippen molar-refractivity contribution < 1.29 is 4.79 Å². The Labute approximate surface area is 174 Å². The van der Waals surface area contributed by atoms with E-state index < -0.39 is 0 Å². The normalized spacial score (nSPS) is 21.8.